The van der Waals surface area contributed by atoms with Crippen molar-refractivity contribution < 1.29 is 27.1 Å². The largest absolute Gasteiger partial charge is 0.417 e. The van der Waals surface area contributed by atoms with Crippen molar-refractivity contribution in [2.24, 2.45) is 11.7 Å². The van der Waals surface area contributed by atoms with Gasteiger partial charge in [-0.25, -0.2) is 9.97 Å². The molecule has 0 spiro atoms. The topological polar surface area (TPSA) is 110 Å². The van der Waals surface area contributed by atoms with Crippen LogP contribution < -0.4 is 16.0 Å². The number of nitrogens with two attached hydrogens (primary N) is 1. The summed E-state index contributed by atoms with van der Waals surface area (Å²) in [5.74, 6) is -0.624. The summed E-state index contributed by atoms with van der Waals surface area (Å²) in [6.07, 6.45) is -0.800. The van der Waals surface area contributed by atoms with E-state index in [0.717, 1.165) is 38.2 Å². The average Bonchev–Trinajstić information content (AvgIpc) is 2.84. The third-order valence-electron chi connectivity index (χ3n) is 6.27. The Bertz CT molecular complexity index is 1010. The van der Waals surface area contributed by atoms with Crippen LogP contribution in [-0.4, -0.2) is 71.7 Å². The number of pyridine rings is 1. The number of nitrogens with zero attached hydrogens (tertiary/aromatic N) is 5. The standard InChI is InChI=1S/C22H27F4N7O2/c23-19-20(29-9-14-3-5-32(6-4-14)11-18(27)34)30-13-31-21(19)33-7-8-35-12-17(33)16-2-1-15(10-28-16)22(24,25)26/h1-2,10,13-14,17H,3-9,11-12H2,(H2,27,34)(H,29,30,31). The molecule has 9 nitrogen and oxygen atoms in total. The summed E-state index contributed by atoms with van der Waals surface area (Å²) in [6, 6.07) is 1.63. The van der Waals surface area contributed by atoms with Crippen LogP contribution in [0.4, 0.5) is 29.2 Å². The van der Waals surface area contributed by atoms with Crippen LogP contribution in [0.15, 0.2) is 24.7 Å². The van der Waals surface area contributed by atoms with E-state index in [2.05, 4.69) is 20.3 Å². The molecule has 4 heterocycles. The minimum absolute atomic E-state index is 0.0359. The molecule has 0 bridgehead atoms. The number of ether oxygens (including phenoxy) is 1. The van der Waals surface area contributed by atoms with E-state index in [9.17, 15) is 18.0 Å². The van der Waals surface area contributed by atoms with Crippen molar-refractivity contribution in [3.8, 4) is 0 Å². The second-order valence-corrected chi connectivity index (χ2v) is 8.68. The van der Waals surface area contributed by atoms with Gasteiger partial charge in [0.25, 0.3) is 0 Å². The van der Waals surface area contributed by atoms with Gasteiger partial charge in [0.1, 0.15) is 6.33 Å². The molecule has 190 valence electrons. The molecule has 2 aromatic heterocycles. The summed E-state index contributed by atoms with van der Waals surface area (Å²) in [4.78, 5) is 26.8. The maximum Gasteiger partial charge on any atom is 0.417 e. The van der Waals surface area contributed by atoms with Crippen molar-refractivity contribution in [2.75, 3.05) is 56.2 Å². The molecule has 3 N–H and O–H groups in total. The fraction of sp³-hybridized carbons (Fsp3) is 0.545. The number of nitrogens with one attached hydrogen (secondary N) is 1. The predicted molar refractivity (Wildman–Crippen MR) is 119 cm³/mol. The molecule has 13 heteroatoms. The summed E-state index contributed by atoms with van der Waals surface area (Å²) in [5, 5.41) is 3.06. The SMILES string of the molecule is NC(=O)CN1CCC(CNc2ncnc(N3CCOCC3c3ccc(C(F)(F)F)cn3)c2F)CC1. The van der Waals surface area contributed by atoms with E-state index in [1.165, 1.54) is 12.4 Å². The Kier molecular flexibility index (Phi) is 7.65. The van der Waals surface area contributed by atoms with E-state index in [1.807, 2.05) is 4.90 Å². The molecule has 2 aliphatic rings. The van der Waals surface area contributed by atoms with Crippen LogP contribution in [0, 0.1) is 11.7 Å². The highest BCUT2D eigenvalue weighted by atomic mass is 19.4. The number of hydrogen-bond donors (Lipinski definition) is 2. The lowest BCUT2D eigenvalue weighted by atomic mass is 9.97. The second-order valence-electron chi connectivity index (χ2n) is 8.68. The van der Waals surface area contributed by atoms with Gasteiger partial charge < -0.3 is 20.7 Å². The summed E-state index contributed by atoms with van der Waals surface area (Å²) in [5.41, 5.74) is 4.72. The molecule has 1 amide bonds. The lowest BCUT2D eigenvalue weighted by Gasteiger charge is -2.36. The molecule has 0 radical (unpaired) electrons. The van der Waals surface area contributed by atoms with E-state index < -0.39 is 23.6 Å². The van der Waals surface area contributed by atoms with Gasteiger partial charge in [-0.05, 0) is 44.0 Å². The maximum absolute atomic E-state index is 15.4. The molecule has 0 saturated carbocycles. The molecule has 1 atom stereocenters. The second kappa shape index (κ2) is 10.7. The Hall–Kier alpha value is -3.06. The number of amides is 1. The van der Waals surface area contributed by atoms with E-state index in [-0.39, 0.29) is 36.6 Å². The van der Waals surface area contributed by atoms with Gasteiger partial charge in [-0.1, -0.05) is 0 Å². The van der Waals surface area contributed by atoms with Gasteiger partial charge in [0.05, 0.1) is 37.1 Å². The van der Waals surface area contributed by atoms with Crippen molar-refractivity contribution in [3.05, 3.63) is 41.7 Å². The van der Waals surface area contributed by atoms with E-state index in [4.69, 9.17) is 10.5 Å². The Balaban J connectivity index is 1.44. The van der Waals surface area contributed by atoms with Crippen LogP contribution in [0.5, 0.6) is 0 Å². The monoisotopic (exact) mass is 497 g/mol. The van der Waals surface area contributed by atoms with Gasteiger partial charge in [0.2, 0.25) is 11.7 Å². The van der Waals surface area contributed by atoms with Crippen molar-refractivity contribution in [1.82, 2.24) is 19.9 Å². The van der Waals surface area contributed by atoms with Crippen LogP contribution in [0.25, 0.3) is 0 Å². The number of rotatable bonds is 7. The molecule has 1 unspecified atom stereocenters. The first-order chi connectivity index (χ1) is 16.7. The highest BCUT2D eigenvalue weighted by Crippen LogP contribution is 2.33. The molecule has 0 aliphatic carbocycles. The number of alkyl halides is 3. The van der Waals surface area contributed by atoms with Gasteiger partial charge in [0, 0.05) is 19.3 Å². The number of hydrogen-bond acceptors (Lipinski definition) is 8. The fourth-order valence-electron chi connectivity index (χ4n) is 4.37. The summed E-state index contributed by atoms with van der Waals surface area (Å²) in [6.45, 7) is 2.95. The zero-order valence-corrected chi connectivity index (χ0v) is 19.0. The molecule has 2 saturated heterocycles. The third kappa shape index (κ3) is 6.14. The number of halogens is 4. The predicted octanol–water partition coefficient (Wildman–Crippen LogP) is 2.22. The van der Waals surface area contributed by atoms with Gasteiger partial charge >= 0.3 is 6.18 Å². The minimum Gasteiger partial charge on any atom is -0.377 e. The average molecular weight is 497 g/mol. The van der Waals surface area contributed by atoms with Gasteiger partial charge in [-0.3, -0.25) is 14.7 Å². The molecule has 35 heavy (non-hydrogen) atoms. The van der Waals surface area contributed by atoms with Crippen molar-refractivity contribution in [1.29, 1.82) is 0 Å². The third-order valence-corrected chi connectivity index (χ3v) is 6.27. The smallest absolute Gasteiger partial charge is 0.377 e. The van der Waals surface area contributed by atoms with Crippen LogP contribution >= 0.6 is 0 Å². The van der Waals surface area contributed by atoms with Crippen LogP contribution in [-0.2, 0) is 15.7 Å². The molecular formula is C22H27F4N7O2. The number of morpholine rings is 1. The first-order valence-corrected chi connectivity index (χ1v) is 11.3. The molecule has 2 aromatic rings. The van der Waals surface area contributed by atoms with Gasteiger partial charge in [-0.2, -0.15) is 17.6 Å². The van der Waals surface area contributed by atoms with Crippen molar-refractivity contribution in [2.45, 2.75) is 25.1 Å². The summed E-state index contributed by atoms with van der Waals surface area (Å²) >= 11 is 0. The quantitative estimate of drug-likeness (QED) is 0.561. The maximum atomic E-state index is 15.4. The Morgan fingerprint density at radius 2 is 1.94 bits per heavy atom. The van der Waals surface area contributed by atoms with E-state index >= 15 is 4.39 Å². The Morgan fingerprint density at radius 3 is 2.60 bits per heavy atom. The number of primary amides is 1. The number of aromatic nitrogens is 3. The minimum atomic E-state index is -4.49. The molecule has 2 fully saturated rings. The highest BCUT2D eigenvalue weighted by Gasteiger charge is 2.33. The van der Waals surface area contributed by atoms with Gasteiger partial charge in [-0.15, -0.1) is 0 Å². The highest BCUT2D eigenvalue weighted by molar-refractivity contribution is 5.75. The first-order valence-electron chi connectivity index (χ1n) is 11.3. The first kappa shape index (κ1) is 25.0. The normalized spacial score (nSPS) is 20.1. The molecule has 2 aliphatic heterocycles. The zero-order valence-electron chi connectivity index (χ0n) is 19.0. The van der Waals surface area contributed by atoms with E-state index in [1.54, 1.807) is 4.90 Å². The number of carbonyl (C=O) groups excluding carboxylic acids is 1. The van der Waals surface area contributed by atoms with Crippen molar-refractivity contribution >= 4 is 17.5 Å². The number of anilines is 2. The lowest BCUT2D eigenvalue weighted by molar-refractivity contribution is -0.137. The Morgan fingerprint density at radius 1 is 1.17 bits per heavy atom. The van der Waals surface area contributed by atoms with Crippen molar-refractivity contribution in [3.63, 3.8) is 0 Å². The summed E-state index contributed by atoms with van der Waals surface area (Å²) < 4.78 is 59.6. The lowest BCUT2D eigenvalue weighted by Crippen LogP contribution is -2.41. The van der Waals surface area contributed by atoms with Gasteiger partial charge in [0.15, 0.2) is 11.6 Å². The zero-order chi connectivity index (χ0) is 25.0. The van der Waals surface area contributed by atoms with Crippen LogP contribution in [0.1, 0.15) is 30.1 Å². The molecular weight excluding hydrogens is 470 g/mol. The van der Waals surface area contributed by atoms with E-state index in [0.29, 0.717) is 25.4 Å². The molecule has 0 aromatic carbocycles. The number of likely N-dealkylation sites (tertiary alicyclic amines) is 1. The number of piperidine rings is 1. The van der Waals surface area contributed by atoms with Crippen LogP contribution in [0.3, 0.4) is 0 Å². The fourth-order valence-corrected chi connectivity index (χ4v) is 4.37. The number of carbonyl (C=O) groups is 1. The Labute approximate surface area is 199 Å². The van der Waals surface area contributed by atoms with Crippen LogP contribution in [0.2, 0.25) is 0 Å². The summed E-state index contributed by atoms with van der Waals surface area (Å²) in [7, 11) is 0. The molecule has 4 rings (SSSR count).